The van der Waals surface area contributed by atoms with E-state index >= 15 is 0 Å². The first-order valence-electron chi connectivity index (χ1n) is 7.36. The highest BCUT2D eigenvalue weighted by Crippen LogP contribution is 2.29. The van der Waals surface area contributed by atoms with Gasteiger partial charge in [0.1, 0.15) is 10.7 Å². The number of hydrogen-bond donors (Lipinski definition) is 1. The summed E-state index contributed by atoms with van der Waals surface area (Å²) in [6.07, 6.45) is 1.02. The van der Waals surface area contributed by atoms with Gasteiger partial charge in [0.15, 0.2) is 0 Å². The Balaban J connectivity index is 1.76. The van der Waals surface area contributed by atoms with Gasteiger partial charge in [-0.15, -0.1) is 0 Å². The maximum atomic E-state index is 5.84. The van der Waals surface area contributed by atoms with Crippen LogP contribution in [0, 0.1) is 0 Å². The van der Waals surface area contributed by atoms with E-state index in [9.17, 15) is 0 Å². The summed E-state index contributed by atoms with van der Waals surface area (Å²) in [6.45, 7) is 8.75. The second kappa shape index (κ2) is 7.47. The molecule has 3 nitrogen and oxygen atoms in total. The van der Waals surface area contributed by atoms with Gasteiger partial charge in [0.25, 0.3) is 0 Å². The van der Waals surface area contributed by atoms with Gasteiger partial charge in [-0.25, -0.2) is 0 Å². The van der Waals surface area contributed by atoms with Crippen LogP contribution in [-0.2, 0) is 0 Å². The largest absolute Gasteiger partial charge is 0.493 e. The zero-order chi connectivity index (χ0) is 15.3. The van der Waals surface area contributed by atoms with Gasteiger partial charge in [-0.2, -0.15) is 11.8 Å². The van der Waals surface area contributed by atoms with E-state index in [1.54, 1.807) is 0 Å². The molecule has 116 valence electrons. The lowest BCUT2D eigenvalue weighted by molar-refractivity contribution is 0.226. The molecular weight excluding hydrogens is 300 g/mol. The Bertz CT molecular complexity index is 491. The molecule has 0 bridgehead atoms. The fourth-order valence-corrected chi connectivity index (χ4v) is 3.92. The van der Waals surface area contributed by atoms with Crippen molar-refractivity contribution >= 4 is 29.0 Å². The third kappa shape index (κ3) is 5.16. The lowest BCUT2D eigenvalue weighted by Crippen LogP contribution is -2.43. The van der Waals surface area contributed by atoms with E-state index in [1.165, 1.54) is 12.3 Å². The summed E-state index contributed by atoms with van der Waals surface area (Å²) in [4.78, 5) is 2.92. The molecule has 1 aromatic carbocycles. The van der Waals surface area contributed by atoms with Crippen molar-refractivity contribution in [2.45, 2.75) is 25.0 Å². The standard InChI is InChI=1S/C16H24N2OS2/c1-16(2)12-18(9-11-21-16)8-5-10-19-14-7-4-3-6-13(14)15(17)20/h3-4,6-7H,5,8-12H2,1-2H3,(H2,17,20). The van der Waals surface area contributed by atoms with Crippen molar-refractivity contribution in [3.8, 4) is 5.75 Å². The highest BCUT2D eigenvalue weighted by molar-refractivity contribution is 8.00. The van der Waals surface area contributed by atoms with Crippen molar-refractivity contribution in [1.82, 2.24) is 4.90 Å². The Kier molecular flexibility index (Phi) is 5.90. The van der Waals surface area contributed by atoms with Crippen LogP contribution in [-0.4, -0.2) is 46.6 Å². The first-order valence-corrected chi connectivity index (χ1v) is 8.75. The highest BCUT2D eigenvalue weighted by atomic mass is 32.2. The number of rotatable bonds is 6. The van der Waals surface area contributed by atoms with Crippen LogP contribution in [0.2, 0.25) is 0 Å². The molecule has 0 aromatic heterocycles. The van der Waals surface area contributed by atoms with Crippen LogP contribution in [0.4, 0.5) is 0 Å². The maximum absolute atomic E-state index is 5.84. The van der Waals surface area contributed by atoms with Crippen LogP contribution in [0.1, 0.15) is 25.8 Å². The summed E-state index contributed by atoms with van der Waals surface area (Å²) in [5.41, 5.74) is 6.53. The molecule has 1 fully saturated rings. The number of benzene rings is 1. The molecule has 2 N–H and O–H groups in total. The second-order valence-corrected chi connectivity index (χ2v) is 8.19. The molecule has 0 radical (unpaired) electrons. The minimum atomic E-state index is 0.372. The summed E-state index contributed by atoms with van der Waals surface area (Å²) in [5, 5.41) is 0. The van der Waals surface area contributed by atoms with Gasteiger partial charge in [0.2, 0.25) is 0 Å². The van der Waals surface area contributed by atoms with Gasteiger partial charge in [0, 0.05) is 30.1 Å². The van der Waals surface area contributed by atoms with Crippen molar-refractivity contribution in [1.29, 1.82) is 0 Å². The number of hydrogen-bond acceptors (Lipinski definition) is 4. The molecular formula is C16H24N2OS2. The summed E-state index contributed by atoms with van der Waals surface area (Å²) >= 11 is 7.11. The molecule has 21 heavy (non-hydrogen) atoms. The average molecular weight is 325 g/mol. The van der Waals surface area contributed by atoms with Crippen LogP contribution in [0.5, 0.6) is 5.75 Å². The lowest BCUT2D eigenvalue weighted by atomic mass is 10.2. The smallest absolute Gasteiger partial charge is 0.129 e. The van der Waals surface area contributed by atoms with E-state index < -0.39 is 0 Å². The summed E-state index contributed by atoms with van der Waals surface area (Å²) in [6, 6.07) is 7.70. The van der Waals surface area contributed by atoms with Gasteiger partial charge in [0.05, 0.1) is 12.2 Å². The molecule has 1 aromatic rings. The fourth-order valence-electron chi connectivity index (χ4n) is 2.57. The fraction of sp³-hybridized carbons (Fsp3) is 0.562. The zero-order valence-electron chi connectivity index (χ0n) is 12.8. The van der Waals surface area contributed by atoms with Gasteiger partial charge < -0.3 is 15.4 Å². The summed E-state index contributed by atoms with van der Waals surface area (Å²) in [7, 11) is 0. The van der Waals surface area contributed by atoms with Crippen LogP contribution in [0.25, 0.3) is 0 Å². The predicted octanol–water partition coefficient (Wildman–Crippen LogP) is 2.92. The van der Waals surface area contributed by atoms with Gasteiger partial charge >= 0.3 is 0 Å². The van der Waals surface area contributed by atoms with E-state index in [0.29, 0.717) is 16.3 Å². The Morgan fingerprint density at radius 1 is 1.43 bits per heavy atom. The van der Waals surface area contributed by atoms with Crippen LogP contribution in [0.15, 0.2) is 24.3 Å². The molecule has 0 unspecified atom stereocenters. The van der Waals surface area contributed by atoms with Crippen molar-refractivity contribution in [3.63, 3.8) is 0 Å². The average Bonchev–Trinajstić information content (AvgIpc) is 2.43. The molecule has 0 amide bonds. The zero-order valence-corrected chi connectivity index (χ0v) is 14.4. The molecule has 1 saturated heterocycles. The molecule has 1 aliphatic heterocycles. The van der Waals surface area contributed by atoms with Crippen LogP contribution in [0.3, 0.4) is 0 Å². The first-order chi connectivity index (χ1) is 9.98. The molecule has 5 heteroatoms. The Morgan fingerprint density at radius 2 is 2.19 bits per heavy atom. The SMILES string of the molecule is CC1(C)CN(CCCOc2ccccc2C(N)=S)CCS1. The number of thioether (sulfide) groups is 1. The van der Waals surface area contributed by atoms with E-state index in [-0.39, 0.29) is 0 Å². The number of para-hydroxylation sites is 1. The predicted molar refractivity (Wildman–Crippen MR) is 95.4 cm³/mol. The summed E-state index contributed by atoms with van der Waals surface area (Å²) < 4.78 is 6.21. The van der Waals surface area contributed by atoms with Gasteiger partial charge in [-0.1, -0.05) is 24.4 Å². The number of nitrogens with zero attached hydrogens (tertiary/aromatic N) is 1. The molecule has 0 saturated carbocycles. The number of ether oxygens (including phenoxy) is 1. The number of nitrogens with two attached hydrogens (primary N) is 1. The van der Waals surface area contributed by atoms with Crippen molar-refractivity contribution in [2.24, 2.45) is 5.73 Å². The minimum Gasteiger partial charge on any atom is -0.493 e. The third-order valence-electron chi connectivity index (χ3n) is 3.53. The molecule has 0 aliphatic carbocycles. The minimum absolute atomic E-state index is 0.372. The Morgan fingerprint density at radius 3 is 2.90 bits per heavy atom. The van der Waals surface area contributed by atoms with Gasteiger partial charge in [-0.05, 0) is 32.4 Å². The molecule has 1 heterocycles. The topological polar surface area (TPSA) is 38.5 Å². The van der Waals surface area contributed by atoms with E-state index in [4.69, 9.17) is 22.7 Å². The van der Waals surface area contributed by atoms with Crippen LogP contribution < -0.4 is 10.5 Å². The summed E-state index contributed by atoms with van der Waals surface area (Å²) in [5.74, 6) is 2.01. The quantitative estimate of drug-likeness (QED) is 0.643. The van der Waals surface area contributed by atoms with E-state index in [0.717, 1.165) is 30.8 Å². The van der Waals surface area contributed by atoms with Crippen molar-refractivity contribution in [2.75, 3.05) is 32.0 Å². The second-order valence-electron chi connectivity index (χ2n) is 5.95. The third-order valence-corrected chi connectivity index (χ3v) is 5.05. The van der Waals surface area contributed by atoms with E-state index in [1.807, 2.05) is 24.3 Å². The molecule has 0 atom stereocenters. The van der Waals surface area contributed by atoms with Crippen LogP contribution >= 0.6 is 24.0 Å². The van der Waals surface area contributed by atoms with Crippen molar-refractivity contribution in [3.05, 3.63) is 29.8 Å². The monoisotopic (exact) mass is 324 g/mol. The normalized spacial score (nSPS) is 18.4. The number of thiocarbonyl (C=S) groups is 1. The highest BCUT2D eigenvalue weighted by Gasteiger charge is 2.26. The Labute approximate surface area is 137 Å². The molecule has 1 aliphatic rings. The maximum Gasteiger partial charge on any atom is 0.129 e. The van der Waals surface area contributed by atoms with E-state index in [2.05, 4.69) is 30.5 Å². The van der Waals surface area contributed by atoms with Gasteiger partial charge in [-0.3, -0.25) is 0 Å². The first kappa shape index (κ1) is 16.6. The lowest BCUT2D eigenvalue weighted by Gasteiger charge is -2.37. The molecule has 2 rings (SSSR count). The van der Waals surface area contributed by atoms with Crippen molar-refractivity contribution < 1.29 is 4.74 Å². The molecule has 0 spiro atoms. The Hall–Kier alpha value is -0.780.